The van der Waals surface area contributed by atoms with Crippen molar-refractivity contribution in [3.8, 4) is 0 Å². The monoisotopic (exact) mass is 189 g/mol. The van der Waals surface area contributed by atoms with Crippen molar-refractivity contribution in [2.75, 3.05) is 13.6 Å². The van der Waals surface area contributed by atoms with Gasteiger partial charge >= 0.3 is 0 Å². The van der Waals surface area contributed by atoms with Gasteiger partial charge in [-0.25, -0.2) is 0 Å². The van der Waals surface area contributed by atoms with Gasteiger partial charge in [0.2, 0.25) is 0 Å². The molecule has 62 valence electrons. The van der Waals surface area contributed by atoms with Crippen LogP contribution in [0.1, 0.15) is 11.8 Å². The third kappa shape index (κ3) is 2.81. The summed E-state index contributed by atoms with van der Waals surface area (Å²) in [4.78, 5) is 3.58. The maximum Gasteiger partial charge on any atom is 0.0931 e. The summed E-state index contributed by atoms with van der Waals surface area (Å²) in [6, 6.07) is 4.03. The standard InChI is InChI=1S/C8H12ClNS/c1-3-10(2)6-7-4-5-8(9)11-7/h4-5H,3,6H2,1-2H3. The Hall–Kier alpha value is -0.0500. The summed E-state index contributed by atoms with van der Waals surface area (Å²) in [6.45, 7) is 4.23. The number of thiophene rings is 1. The van der Waals surface area contributed by atoms with Gasteiger partial charge < -0.3 is 4.90 Å². The van der Waals surface area contributed by atoms with Crippen LogP contribution in [-0.4, -0.2) is 18.5 Å². The molecule has 11 heavy (non-hydrogen) atoms. The van der Waals surface area contributed by atoms with Gasteiger partial charge in [-0.3, -0.25) is 0 Å². The van der Waals surface area contributed by atoms with E-state index in [9.17, 15) is 0 Å². The first-order valence-electron chi connectivity index (χ1n) is 3.65. The zero-order chi connectivity index (χ0) is 8.27. The second kappa shape index (κ2) is 4.10. The normalized spacial score (nSPS) is 10.9. The van der Waals surface area contributed by atoms with Crippen molar-refractivity contribution in [1.82, 2.24) is 4.90 Å². The molecule has 0 N–H and O–H groups in total. The third-order valence-corrected chi connectivity index (χ3v) is 2.81. The Morgan fingerprint density at radius 3 is 2.73 bits per heavy atom. The molecule has 0 bridgehead atoms. The molecule has 0 fully saturated rings. The molecular weight excluding hydrogens is 178 g/mol. The second-order valence-corrected chi connectivity index (χ2v) is 4.34. The molecule has 0 saturated carbocycles. The van der Waals surface area contributed by atoms with E-state index >= 15 is 0 Å². The molecule has 0 spiro atoms. The number of hydrogen-bond acceptors (Lipinski definition) is 2. The molecule has 1 aromatic rings. The van der Waals surface area contributed by atoms with Crippen LogP contribution in [0.2, 0.25) is 4.34 Å². The summed E-state index contributed by atoms with van der Waals surface area (Å²) in [5.41, 5.74) is 0. The SMILES string of the molecule is CCN(C)Cc1ccc(Cl)s1. The molecule has 1 nitrogen and oxygen atoms in total. The van der Waals surface area contributed by atoms with Gasteiger partial charge in [-0.2, -0.15) is 0 Å². The minimum Gasteiger partial charge on any atom is -0.302 e. The summed E-state index contributed by atoms with van der Waals surface area (Å²) < 4.78 is 0.879. The van der Waals surface area contributed by atoms with Crippen LogP contribution in [0.15, 0.2) is 12.1 Å². The number of halogens is 1. The van der Waals surface area contributed by atoms with Gasteiger partial charge in [0.25, 0.3) is 0 Å². The molecule has 1 rings (SSSR count). The lowest BCUT2D eigenvalue weighted by Crippen LogP contribution is -2.15. The van der Waals surface area contributed by atoms with Crippen molar-refractivity contribution >= 4 is 22.9 Å². The number of rotatable bonds is 3. The Morgan fingerprint density at radius 2 is 2.27 bits per heavy atom. The van der Waals surface area contributed by atoms with Crippen molar-refractivity contribution in [1.29, 1.82) is 0 Å². The molecule has 0 atom stereocenters. The van der Waals surface area contributed by atoms with Crippen LogP contribution < -0.4 is 0 Å². The quantitative estimate of drug-likeness (QED) is 0.707. The Labute approximate surface area is 76.6 Å². The molecule has 0 aliphatic carbocycles. The highest BCUT2D eigenvalue weighted by molar-refractivity contribution is 7.16. The fourth-order valence-electron chi connectivity index (χ4n) is 0.815. The highest BCUT2D eigenvalue weighted by Crippen LogP contribution is 2.22. The molecule has 1 heterocycles. The van der Waals surface area contributed by atoms with E-state index in [4.69, 9.17) is 11.6 Å². The summed E-state index contributed by atoms with van der Waals surface area (Å²) in [5.74, 6) is 0. The van der Waals surface area contributed by atoms with E-state index in [0.29, 0.717) is 0 Å². The van der Waals surface area contributed by atoms with Crippen LogP contribution in [0.4, 0.5) is 0 Å². The van der Waals surface area contributed by atoms with Crippen molar-refractivity contribution < 1.29 is 0 Å². The Balaban J connectivity index is 2.50. The highest BCUT2D eigenvalue weighted by Gasteiger charge is 1.99. The minimum absolute atomic E-state index is 0.879. The zero-order valence-electron chi connectivity index (χ0n) is 6.80. The molecule has 0 aromatic carbocycles. The molecular formula is C8H12ClNS. The van der Waals surface area contributed by atoms with E-state index in [1.54, 1.807) is 11.3 Å². The van der Waals surface area contributed by atoms with Crippen molar-refractivity contribution in [3.63, 3.8) is 0 Å². The Bertz CT molecular complexity index is 222. The molecule has 0 unspecified atom stereocenters. The van der Waals surface area contributed by atoms with E-state index in [1.165, 1.54) is 4.88 Å². The Kier molecular flexibility index (Phi) is 3.37. The molecule has 0 radical (unpaired) electrons. The largest absolute Gasteiger partial charge is 0.302 e. The van der Waals surface area contributed by atoms with Crippen LogP contribution in [0.3, 0.4) is 0 Å². The predicted octanol–water partition coefficient (Wildman–Crippen LogP) is 2.85. The third-order valence-electron chi connectivity index (χ3n) is 1.59. The molecule has 3 heteroatoms. The van der Waals surface area contributed by atoms with Gasteiger partial charge in [0, 0.05) is 11.4 Å². The van der Waals surface area contributed by atoms with Gasteiger partial charge in [-0.15, -0.1) is 11.3 Å². The molecule has 0 saturated heterocycles. The maximum atomic E-state index is 5.79. The summed E-state index contributed by atoms with van der Waals surface area (Å²) in [5, 5.41) is 0. The maximum absolute atomic E-state index is 5.79. The topological polar surface area (TPSA) is 3.24 Å². The summed E-state index contributed by atoms with van der Waals surface area (Å²) >= 11 is 7.44. The van der Waals surface area contributed by atoms with Crippen molar-refractivity contribution in [2.45, 2.75) is 13.5 Å². The average Bonchev–Trinajstić information content (AvgIpc) is 2.35. The smallest absolute Gasteiger partial charge is 0.0931 e. The fraction of sp³-hybridized carbons (Fsp3) is 0.500. The zero-order valence-corrected chi connectivity index (χ0v) is 8.37. The predicted molar refractivity (Wildman–Crippen MR) is 51.3 cm³/mol. The van der Waals surface area contributed by atoms with E-state index in [1.807, 2.05) is 6.07 Å². The molecule has 1 aromatic heterocycles. The molecule has 0 aliphatic rings. The van der Waals surface area contributed by atoms with Gasteiger partial charge in [0.15, 0.2) is 0 Å². The van der Waals surface area contributed by atoms with Crippen LogP contribution >= 0.6 is 22.9 Å². The van der Waals surface area contributed by atoms with Crippen molar-refractivity contribution in [3.05, 3.63) is 21.3 Å². The lowest BCUT2D eigenvalue weighted by Gasteiger charge is -2.11. The van der Waals surface area contributed by atoms with Crippen LogP contribution in [0.5, 0.6) is 0 Å². The van der Waals surface area contributed by atoms with Gasteiger partial charge in [0.05, 0.1) is 4.34 Å². The van der Waals surface area contributed by atoms with Gasteiger partial charge in [-0.1, -0.05) is 18.5 Å². The average molecular weight is 190 g/mol. The highest BCUT2D eigenvalue weighted by atomic mass is 35.5. The number of nitrogens with zero attached hydrogens (tertiary/aromatic N) is 1. The molecule has 0 aliphatic heterocycles. The number of hydrogen-bond donors (Lipinski definition) is 0. The van der Waals surface area contributed by atoms with Crippen LogP contribution in [-0.2, 0) is 6.54 Å². The van der Waals surface area contributed by atoms with E-state index < -0.39 is 0 Å². The lowest BCUT2D eigenvalue weighted by atomic mass is 10.4. The Morgan fingerprint density at radius 1 is 1.55 bits per heavy atom. The fourth-order valence-corrected chi connectivity index (χ4v) is 1.98. The first-order valence-corrected chi connectivity index (χ1v) is 4.84. The summed E-state index contributed by atoms with van der Waals surface area (Å²) in [7, 11) is 2.10. The van der Waals surface area contributed by atoms with E-state index in [-0.39, 0.29) is 0 Å². The van der Waals surface area contributed by atoms with E-state index in [0.717, 1.165) is 17.4 Å². The summed E-state index contributed by atoms with van der Waals surface area (Å²) in [6.07, 6.45) is 0. The lowest BCUT2D eigenvalue weighted by molar-refractivity contribution is 0.349. The second-order valence-electron chi connectivity index (χ2n) is 2.54. The van der Waals surface area contributed by atoms with E-state index in [2.05, 4.69) is 24.9 Å². The minimum atomic E-state index is 0.879. The van der Waals surface area contributed by atoms with Crippen molar-refractivity contribution in [2.24, 2.45) is 0 Å². The van der Waals surface area contributed by atoms with Crippen LogP contribution in [0.25, 0.3) is 0 Å². The van der Waals surface area contributed by atoms with Gasteiger partial charge in [-0.05, 0) is 25.7 Å². The molecule has 0 amide bonds. The van der Waals surface area contributed by atoms with Crippen LogP contribution in [0, 0.1) is 0 Å². The first-order chi connectivity index (χ1) is 5.22. The van der Waals surface area contributed by atoms with Gasteiger partial charge in [0.1, 0.15) is 0 Å². The first kappa shape index (κ1) is 9.04.